The molecule has 0 aromatic rings. The van der Waals surface area contributed by atoms with Gasteiger partial charge in [-0.05, 0) is 68.6 Å². The fourth-order valence-electron chi connectivity index (χ4n) is 5.68. The highest BCUT2D eigenvalue weighted by Crippen LogP contribution is 2.60. The molecule has 0 amide bonds. The molecule has 1 atom stereocenters. The lowest BCUT2D eigenvalue weighted by Gasteiger charge is -2.60. The predicted molar refractivity (Wildman–Crippen MR) is 91.2 cm³/mol. The summed E-state index contributed by atoms with van der Waals surface area (Å²) in [5.74, 6) is 1.91. The molecule has 0 aromatic heterocycles. The summed E-state index contributed by atoms with van der Waals surface area (Å²) in [5, 5.41) is 0. The molecule has 4 fully saturated rings. The van der Waals surface area contributed by atoms with E-state index in [1.807, 2.05) is 13.8 Å². The Labute approximate surface area is 145 Å². The van der Waals surface area contributed by atoms with Crippen LogP contribution in [0.4, 0.5) is 0 Å². The van der Waals surface area contributed by atoms with E-state index in [0.29, 0.717) is 11.8 Å². The number of carbonyl (C=O) groups is 2. The van der Waals surface area contributed by atoms with Gasteiger partial charge in [-0.15, -0.1) is 0 Å². The van der Waals surface area contributed by atoms with Crippen molar-refractivity contribution >= 4 is 11.9 Å². The molecule has 0 aliphatic heterocycles. The maximum Gasteiger partial charge on any atom is 0.344 e. The first-order chi connectivity index (χ1) is 11.5. The van der Waals surface area contributed by atoms with Crippen LogP contribution in [-0.4, -0.2) is 24.1 Å². The van der Waals surface area contributed by atoms with Crippen LogP contribution in [0.25, 0.3) is 0 Å². The molecule has 0 N–H and O–H groups in total. The third kappa shape index (κ3) is 3.21. The molecule has 4 aliphatic carbocycles. The number of hydrogen-bond acceptors (Lipinski definition) is 4. The highest BCUT2D eigenvalue weighted by Gasteiger charge is 2.58. The zero-order valence-corrected chi connectivity index (χ0v) is 15.4. The lowest BCUT2D eigenvalue weighted by atomic mass is 9.49. The van der Waals surface area contributed by atoms with Crippen molar-refractivity contribution in [2.45, 2.75) is 77.7 Å². The fraction of sp³-hybridized carbons (Fsp3) is 0.900. The minimum absolute atomic E-state index is 0.163. The molecule has 4 aliphatic rings. The molecule has 4 bridgehead atoms. The van der Waals surface area contributed by atoms with Crippen molar-refractivity contribution in [3.63, 3.8) is 0 Å². The summed E-state index contributed by atoms with van der Waals surface area (Å²) >= 11 is 0. The van der Waals surface area contributed by atoms with Gasteiger partial charge in [0.25, 0.3) is 0 Å². The Hall–Kier alpha value is -1.06. The van der Waals surface area contributed by atoms with Crippen molar-refractivity contribution in [1.29, 1.82) is 0 Å². The van der Waals surface area contributed by atoms with E-state index in [4.69, 9.17) is 9.47 Å². The van der Waals surface area contributed by atoms with Gasteiger partial charge in [-0.1, -0.05) is 27.2 Å². The van der Waals surface area contributed by atoms with E-state index in [1.165, 1.54) is 32.1 Å². The first-order valence-corrected chi connectivity index (χ1v) is 9.86. The number of rotatable bonds is 7. The molecule has 136 valence electrons. The van der Waals surface area contributed by atoms with E-state index in [9.17, 15) is 9.59 Å². The van der Waals surface area contributed by atoms with Gasteiger partial charge in [0.05, 0.1) is 5.92 Å². The Morgan fingerprint density at radius 2 is 1.62 bits per heavy atom. The maximum absolute atomic E-state index is 12.4. The van der Waals surface area contributed by atoms with Gasteiger partial charge in [0.2, 0.25) is 0 Å². The summed E-state index contributed by atoms with van der Waals surface area (Å²) in [6.07, 6.45) is 8.95. The molecule has 0 heterocycles. The number of hydrogen-bond donors (Lipinski definition) is 0. The smallest absolute Gasteiger partial charge is 0.344 e. The molecule has 24 heavy (non-hydrogen) atoms. The second-order valence-corrected chi connectivity index (χ2v) is 8.40. The zero-order chi connectivity index (χ0) is 17.3. The van der Waals surface area contributed by atoms with Gasteiger partial charge < -0.3 is 9.47 Å². The van der Waals surface area contributed by atoms with Crippen molar-refractivity contribution < 1.29 is 19.1 Å². The Balaban J connectivity index is 1.64. The van der Waals surface area contributed by atoms with Crippen LogP contribution >= 0.6 is 0 Å². The molecule has 4 nitrogen and oxygen atoms in total. The standard InChI is InChI=1S/C20H32O4/c1-4-6-20(24-18(21)12-23-19(22)13(3)5-2)16-8-14-7-15(10-16)11-17(20)9-14/h13-17H,4-12H2,1-3H3. The molecule has 0 radical (unpaired) electrons. The van der Waals surface area contributed by atoms with Crippen molar-refractivity contribution in [2.75, 3.05) is 6.61 Å². The van der Waals surface area contributed by atoms with Crippen molar-refractivity contribution in [3.05, 3.63) is 0 Å². The minimum atomic E-state index is -0.354. The van der Waals surface area contributed by atoms with Gasteiger partial charge in [0.15, 0.2) is 6.61 Å². The third-order valence-electron chi connectivity index (χ3n) is 6.81. The van der Waals surface area contributed by atoms with E-state index < -0.39 is 0 Å². The van der Waals surface area contributed by atoms with Gasteiger partial charge >= 0.3 is 11.9 Å². The summed E-state index contributed by atoms with van der Waals surface area (Å²) in [7, 11) is 0. The van der Waals surface area contributed by atoms with E-state index in [1.54, 1.807) is 0 Å². The fourth-order valence-corrected chi connectivity index (χ4v) is 5.68. The summed E-state index contributed by atoms with van der Waals surface area (Å²) in [6.45, 7) is 5.70. The van der Waals surface area contributed by atoms with Crippen LogP contribution in [0, 0.1) is 29.6 Å². The highest BCUT2D eigenvalue weighted by atomic mass is 16.6. The normalized spacial score (nSPS) is 38.0. The van der Waals surface area contributed by atoms with Crippen LogP contribution in [0.1, 0.15) is 72.1 Å². The molecular formula is C20H32O4. The molecule has 0 saturated heterocycles. The van der Waals surface area contributed by atoms with Crippen LogP contribution in [0.3, 0.4) is 0 Å². The lowest BCUT2D eigenvalue weighted by molar-refractivity contribution is -0.215. The molecule has 0 aromatic carbocycles. The van der Waals surface area contributed by atoms with Gasteiger partial charge in [-0.2, -0.15) is 0 Å². The molecule has 1 unspecified atom stereocenters. The monoisotopic (exact) mass is 336 g/mol. The van der Waals surface area contributed by atoms with Crippen molar-refractivity contribution in [3.8, 4) is 0 Å². The molecule has 4 heteroatoms. The largest absolute Gasteiger partial charge is 0.456 e. The highest BCUT2D eigenvalue weighted by molar-refractivity contribution is 5.77. The molecule has 4 saturated carbocycles. The summed E-state index contributed by atoms with van der Waals surface area (Å²) < 4.78 is 11.3. The zero-order valence-electron chi connectivity index (χ0n) is 15.4. The van der Waals surface area contributed by atoms with Crippen LogP contribution in [0.15, 0.2) is 0 Å². The van der Waals surface area contributed by atoms with Crippen LogP contribution in [0.2, 0.25) is 0 Å². The van der Waals surface area contributed by atoms with Crippen LogP contribution in [-0.2, 0) is 19.1 Å². The average Bonchev–Trinajstić information content (AvgIpc) is 2.56. The van der Waals surface area contributed by atoms with Crippen molar-refractivity contribution in [2.24, 2.45) is 29.6 Å². The lowest BCUT2D eigenvalue weighted by Crippen LogP contribution is -2.59. The number of esters is 2. The summed E-state index contributed by atoms with van der Waals surface area (Å²) in [4.78, 5) is 24.2. The molecular weight excluding hydrogens is 304 g/mol. The average molecular weight is 336 g/mol. The Morgan fingerprint density at radius 3 is 2.12 bits per heavy atom. The maximum atomic E-state index is 12.4. The van der Waals surface area contributed by atoms with E-state index in [2.05, 4.69) is 6.92 Å². The second-order valence-electron chi connectivity index (χ2n) is 8.40. The Bertz CT molecular complexity index is 456. The Morgan fingerprint density at radius 1 is 1.04 bits per heavy atom. The molecule has 4 rings (SSSR count). The second kappa shape index (κ2) is 7.05. The number of ether oxygens (including phenoxy) is 2. The predicted octanol–water partition coefficient (Wildman–Crippen LogP) is 4.11. The molecule has 0 spiro atoms. The topological polar surface area (TPSA) is 52.6 Å². The Kier molecular flexibility index (Phi) is 5.22. The van der Waals surface area contributed by atoms with Gasteiger partial charge in [0, 0.05) is 0 Å². The van der Waals surface area contributed by atoms with E-state index >= 15 is 0 Å². The van der Waals surface area contributed by atoms with E-state index in [-0.39, 0.29) is 30.1 Å². The quantitative estimate of drug-likeness (QED) is 0.656. The first-order valence-electron chi connectivity index (χ1n) is 9.86. The van der Waals surface area contributed by atoms with Crippen LogP contribution in [0.5, 0.6) is 0 Å². The first kappa shape index (κ1) is 17.8. The van der Waals surface area contributed by atoms with Gasteiger partial charge in [0.1, 0.15) is 5.60 Å². The SMILES string of the molecule is CCCC1(OC(=O)COC(=O)C(C)CC)C2CC3CC(C2)CC1C3. The van der Waals surface area contributed by atoms with Gasteiger partial charge in [-0.25, -0.2) is 4.79 Å². The summed E-state index contributed by atoms with van der Waals surface area (Å²) in [6, 6.07) is 0. The van der Waals surface area contributed by atoms with Crippen molar-refractivity contribution in [1.82, 2.24) is 0 Å². The van der Waals surface area contributed by atoms with Gasteiger partial charge in [-0.3, -0.25) is 4.79 Å². The van der Waals surface area contributed by atoms with E-state index in [0.717, 1.165) is 31.1 Å². The summed E-state index contributed by atoms with van der Waals surface area (Å²) in [5.41, 5.74) is -0.290. The third-order valence-corrected chi connectivity index (χ3v) is 6.81. The number of carbonyl (C=O) groups excluding carboxylic acids is 2. The minimum Gasteiger partial charge on any atom is -0.456 e. The van der Waals surface area contributed by atoms with Crippen LogP contribution < -0.4 is 0 Å².